The predicted molar refractivity (Wildman–Crippen MR) is 89.3 cm³/mol. The van der Waals surface area contributed by atoms with E-state index in [0.717, 1.165) is 12.1 Å². The van der Waals surface area contributed by atoms with Crippen LogP contribution in [0.4, 0.5) is 15.8 Å². The molecule has 0 bridgehead atoms. The zero-order valence-electron chi connectivity index (χ0n) is 13.7. The average Bonchev–Trinajstić information content (AvgIpc) is 2.62. The maximum Gasteiger partial charge on any atom is 0.310 e. The first-order valence-corrected chi connectivity index (χ1v) is 7.41. The van der Waals surface area contributed by atoms with Crippen LogP contribution in [0.1, 0.15) is 5.56 Å². The quantitative estimate of drug-likeness (QED) is 0.460. The highest BCUT2D eigenvalue weighted by Crippen LogP contribution is 2.24. The monoisotopic (exact) mass is 362 g/mol. The minimum absolute atomic E-state index is 0.0476. The zero-order chi connectivity index (χ0) is 19.1. The molecule has 0 heterocycles. The molecule has 0 saturated heterocycles. The molecule has 26 heavy (non-hydrogen) atoms. The van der Waals surface area contributed by atoms with Gasteiger partial charge in [-0.25, -0.2) is 4.39 Å². The van der Waals surface area contributed by atoms with Gasteiger partial charge in [-0.2, -0.15) is 0 Å². The van der Waals surface area contributed by atoms with Gasteiger partial charge in [-0.05, 0) is 29.8 Å². The first-order valence-electron chi connectivity index (χ1n) is 7.41. The minimum Gasteiger partial charge on any atom is -0.497 e. The SMILES string of the molecule is COc1ccc(CC(=O)OCC(=O)Nc2ccc(F)cc2[N+](=O)[O-])cc1. The van der Waals surface area contributed by atoms with Crippen LogP contribution in [-0.4, -0.2) is 30.5 Å². The standard InChI is InChI=1S/C17H15FN2O6/c1-25-13-5-2-11(3-6-13)8-17(22)26-10-16(21)19-14-7-4-12(18)9-15(14)20(23)24/h2-7,9H,8,10H2,1H3,(H,19,21). The molecule has 0 unspecified atom stereocenters. The van der Waals surface area contributed by atoms with Gasteiger partial charge in [0.2, 0.25) is 0 Å². The summed E-state index contributed by atoms with van der Waals surface area (Å²) in [6.07, 6.45) is -0.0476. The number of nitrogens with one attached hydrogen (secondary N) is 1. The summed E-state index contributed by atoms with van der Waals surface area (Å²) in [5, 5.41) is 13.1. The van der Waals surface area contributed by atoms with E-state index in [1.54, 1.807) is 24.3 Å². The van der Waals surface area contributed by atoms with Gasteiger partial charge in [0, 0.05) is 0 Å². The van der Waals surface area contributed by atoms with Gasteiger partial charge in [0.25, 0.3) is 11.6 Å². The van der Waals surface area contributed by atoms with Crippen LogP contribution in [0.25, 0.3) is 0 Å². The van der Waals surface area contributed by atoms with Crippen LogP contribution < -0.4 is 10.1 Å². The summed E-state index contributed by atoms with van der Waals surface area (Å²) in [5.74, 6) is -1.58. The van der Waals surface area contributed by atoms with Gasteiger partial charge in [0.15, 0.2) is 6.61 Å². The molecule has 0 aliphatic heterocycles. The summed E-state index contributed by atoms with van der Waals surface area (Å²) < 4.78 is 22.9. The van der Waals surface area contributed by atoms with Crippen LogP contribution in [0.5, 0.6) is 5.75 Å². The molecule has 0 spiro atoms. The van der Waals surface area contributed by atoms with Crippen LogP contribution in [0.3, 0.4) is 0 Å². The minimum atomic E-state index is -0.825. The summed E-state index contributed by atoms with van der Waals surface area (Å²) in [5.41, 5.74) is -0.110. The molecule has 8 nitrogen and oxygen atoms in total. The van der Waals surface area contributed by atoms with E-state index in [1.807, 2.05) is 0 Å². The van der Waals surface area contributed by atoms with E-state index in [-0.39, 0.29) is 12.1 Å². The Morgan fingerprint density at radius 3 is 2.50 bits per heavy atom. The fourth-order valence-electron chi connectivity index (χ4n) is 2.05. The molecule has 0 radical (unpaired) electrons. The van der Waals surface area contributed by atoms with Gasteiger partial charge in [0.05, 0.1) is 24.5 Å². The third-order valence-corrected chi connectivity index (χ3v) is 3.30. The Bertz CT molecular complexity index is 823. The third kappa shape index (κ3) is 5.26. The van der Waals surface area contributed by atoms with Crippen LogP contribution in [0.2, 0.25) is 0 Å². The molecule has 2 rings (SSSR count). The molecule has 0 aliphatic rings. The smallest absolute Gasteiger partial charge is 0.310 e. The Balaban J connectivity index is 1.88. The number of hydrogen-bond acceptors (Lipinski definition) is 6. The van der Waals surface area contributed by atoms with Crippen molar-refractivity contribution in [3.63, 3.8) is 0 Å². The molecule has 0 aromatic heterocycles. The molecule has 9 heteroatoms. The van der Waals surface area contributed by atoms with Crippen molar-refractivity contribution >= 4 is 23.3 Å². The Hall–Kier alpha value is -3.49. The van der Waals surface area contributed by atoms with Gasteiger partial charge < -0.3 is 14.8 Å². The van der Waals surface area contributed by atoms with Crippen molar-refractivity contribution in [1.82, 2.24) is 0 Å². The number of amides is 1. The number of benzene rings is 2. The Kier molecular flexibility index (Phi) is 6.20. The van der Waals surface area contributed by atoms with Crippen molar-refractivity contribution in [2.45, 2.75) is 6.42 Å². The number of nitro benzene ring substituents is 1. The van der Waals surface area contributed by atoms with Gasteiger partial charge in [0.1, 0.15) is 17.3 Å². The molecule has 1 N–H and O–H groups in total. The van der Waals surface area contributed by atoms with Gasteiger partial charge in [-0.15, -0.1) is 0 Å². The van der Waals surface area contributed by atoms with Gasteiger partial charge >= 0.3 is 5.97 Å². The second-order valence-corrected chi connectivity index (χ2v) is 5.15. The number of carbonyl (C=O) groups is 2. The topological polar surface area (TPSA) is 108 Å². The fourth-order valence-corrected chi connectivity index (χ4v) is 2.05. The number of esters is 1. The number of hydrogen-bond donors (Lipinski definition) is 1. The molecule has 0 saturated carbocycles. The van der Waals surface area contributed by atoms with Crippen LogP contribution in [0, 0.1) is 15.9 Å². The van der Waals surface area contributed by atoms with Crippen LogP contribution in [-0.2, 0) is 20.7 Å². The highest BCUT2D eigenvalue weighted by Gasteiger charge is 2.17. The zero-order valence-corrected chi connectivity index (χ0v) is 13.7. The van der Waals surface area contributed by atoms with Crippen molar-refractivity contribution in [2.24, 2.45) is 0 Å². The number of nitro groups is 1. The molecule has 136 valence electrons. The molecule has 2 aromatic carbocycles. The Labute approximate surface area is 147 Å². The molecular formula is C17H15FN2O6. The van der Waals surface area contributed by atoms with Crippen LogP contribution in [0.15, 0.2) is 42.5 Å². The van der Waals surface area contributed by atoms with E-state index < -0.39 is 34.9 Å². The molecule has 1 amide bonds. The lowest BCUT2D eigenvalue weighted by Crippen LogP contribution is -2.22. The van der Waals surface area contributed by atoms with Gasteiger partial charge in [-0.3, -0.25) is 19.7 Å². The number of halogens is 1. The summed E-state index contributed by atoms with van der Waals surface area (Å²) in [4.78, 5) is 33.6. The molecule has 2 aromatic rings. The summed E-state index contributed by atoms with van der Waals surface area (Å²) >= 11 is 0. The molecular weight excluding hydrogens is 347 g/mol. The molecule has 0 fully saturated rings. The second-order valence-electron chi connectivity index (χ2n) is 5.15. The number of methoxy groups -OCH3 is 1. The summed E-state index contributed by atoms with van der Waals surface area (Å²) in [6.45, 7) is -0.622. The normalized spacial score (nSPS) is 10.1. The maximum absolute atomic E-state index is 13.1. The third-order valence-electron chi connectivity index (χ3n) is 3.30. The summed E-state index contributed by atoms with van der Waals surface area (Å²) in [7, 11) is 1.52. The van der Waals surface area contributed by atoms with Crippen molar-refractivity contribution in [2.75, 3.05) is 19.0 Å². The lowest BCUT2D eigenvalue weighted by molar-refractivity contribution is -0.384. The lowest BCUT2D eigenvalue weighted by atomic mass is 10.1. The van der Waals surface area contributed by atoms with Crippen molar-refractivity contribution in [1.29, 1.82) is 0 Å². The van der Waals surface area contributed by atoms with Crippen LogP contribution >= 0.6 is 0 Å². The largest absolute Gasteiger partial charge is 0.497 e. The maximum atomic E-state index is 13.1. The fraction of sp³-hybridized carbons (Fsp3) is 0.176. The van der Waals surface area contributed by atoms with E-state index in [1.165, 1.54) is 7.11 Å². The summed E-state index contributed by atoms with van der Waals surface area (Å²) in [6, 6.07) is 9.45. The van der Waals surface area contributed by atoms with Crippen molar-refractivity contribution < 1.29 is 28.4 Å². The number of carbonyl (C=O) groups excluding carboxylic acids is 2. The van der Waals surface area contributed by atoms with E-state index in [0.29, 0.717) is 17.4 Å². The highest BCUT2D eigenvalue weighted by atomic mass is 19.1. The van der Waals surface area contributed by atoms with E-state index in [4.69, 9.17) is 9.47 Å². The average molecular weight is 362 g/mol. The van der Waals surface area contributed by atoms with E-state index >= 15 is 0 Å². The second kappa shape index (κ2) is 8.56. The van der Waals surface area contributed by atoms with Crippen molar-refractivity contribution in [3.05, 3.63) is 64.0 Å². The highest BCUT2D eigenvalue weighted by molar-refractivity contribution is 5.94. The van der Waals surface area contributed by atoms with E-state index in [9.17, 15) is 24.1 Å². The van der Waals surface area contributed by atoms with Crippen molar-refractivity contribution in [3.8, 4) is 5.75 Å². The number of ether oxygens (including phenoxy) is 2. The van der Waals surface area contributed by atoms with Gasteiger partial charge in [-0.1, -0.05) is 12.1 Å². The number of rotatable bonds is 7. The first kappa shape index (κ1) is 18.8. The number of anilines is 1. The Morgan fingerprint density at radius 1 is 1.19 bits per heavy atom. The Morgan fingerprint density at radius 2 is 1.88 bits per heavy atom. The van der Waals surface area contributed by atoms with E-state index in [2.05, 4.69) is 5.32 Å². The lowest BCUT2D eigenvalue weighted by Gasteiger charge is -2.07. The number of nitrogens with zero attached hydrogens (tertiary/aromatic N) is 1. The predicted octanol–water partition coefficient (Wildman–Crippen LogP) is 2.47. The molecule has 0 atom stereocenters. The first-order chi connectivity index (χ1) is 12.4. The molecule has 0 aliphatic carbocycles.